The zero-order chi connectivity index (χ0) is 23.3. The van der Waals surface area contributed by atoms with Gasteiger partial charge in [0.05, 0.1) is 5.69 Å². The summed E-state index contributed by atoms with van der Waals surface area (Å²) in [5.74, 6) is -0.639. The van der Waals surface area contributed by atoms with E-state index >= 15 is 0 Å². The summed E-state index contributed by atoms with van der Waals surface area (Å²) < 4.78 is 0. The normalized spacial score (nSPS) is 17.4. The maximum Gasteiger partial charge on any atom is 0.329 e. The second-order valence-electron chi connectivity index (χ2n) is 8.15. The van der Waals surface area contributed by atoms with E-state index < -0.39 is 17.7 Å². The number of carbonyl (C=O) groups is 2. The topological polar surface area (TPSA) is 84.9 Å². The van der Waals surface area contributed by atoms with Gasteiger partial charge in [-0.15, -0.1) is 0 Å². The molecule has 7 heteroatoms. The lowest BCUT2D eigenvalue weighted by Gasteiger charge is -2.42. The van der Waals surface area contributed by atoms with Crippen LogP contribution in [0.3, 0.4) is 0 Å². The Labute approximate surface area is 193 Å². The van der Waals surface area contributed by atoms with Crippen LogP contribution in [0.15, 0.2) is 84.9 Å². The van der Waals surface area contributed by atoms with Gasteiger partial charge in [0.25, 0.3) is 11.6 Å². The van der Waals surface area contributed by atoms with Crippen molar-refractivity contribution in [1.82, 2.24) is 10.2 Å². The fraction of sp³-hybridized carbons (Fsp3) is 0.231. The summed E-state index contributed by atoms with van der Waals surface area (Å²) in [5, 5.41) is 17.3. The first-order valence-electron chi connectivity index (χ1n) is 11.0. The fourth-order valence-corrected chi connectivity index (χ4v) is 4.09. The second kappa shape index (κ2) is 9.85. The molecule has 0 aromatic heterocycles. The summed E-state index contributed by atoms with van der Waals surface area (Å²) >= 11 is 0. The molecule has 3 amide bonds. The molecule has 33 heavy (non-hydrogen) atoms. The average Bonchev–Trinajstić information content (AvgIpc) is 2.83. The molecule has 0 aliphatic carbocycles. The summed E-state index contributed by atoms with van der Waals surface area (Å²) in [6.45, 7) is 1.95. The van der Waals surface area contributed by atoms with Crippen LogP contribution in [-0.2, 0) is 17.1 Å². The van der Waals surface area contributed by atoms with Crippen molar-refractivity contribution >= 4 is 23.3 Å². The van der Waals surface area contributed by atoms with Gasteiger partial charge in [-0.3, -0.25) is 9.69 Å². The number of hydrogen-bond acceptors (Lipinski definition) is 4. The number of carbonyl (C=O) groups excluding carboxylic acids is 2. The highest BCUT2D eigenvalue weighted by Crippen LogP contribution is 2.39. The Morgan fingerprint density at radius 3 is 2.36 bits per heavy atom. The van der Waals surface area contributed by atoms with Gasteiger partial charge >= 0.3 is 6.03 Å². The Balaban J connectivity index is 1.47. The van der Waals surface area contributed by atoms with E-state index in [-0.39, 0.29) is 0 Å². The number of benzene rings is 3. The molecule has 3 N–H and O–H groups in total. The molecule has 0 spiro atoms. The zero-order valence-corrected chi connectivity index (χ0v) is 18.6. The third-order valence-electron chi connectivity index (χ3n) is 5.70. The number of para-hydroxylation sites is 2. The van der Waals surface area contributed by atoms with Gasteiger partial charge in [-0.1, -0.05) is 66.7 Å². The van der Waals surface area contributed by atoms with Crippen LogP contribution < -0.4 is 15.5 Å². The second-order valence-corrected chi connectivity index (χ2v) is 8.15. The number of aliphatic hydroxyl groups is 1. The minimum Gasteiger partial charge on any atom is -0.359 e. The van der Waals surface area contributed by atoms with E-state index in [0.717, 1.165) is 18.0 Å². The molecule has 4 rings (SSSR count). The molecule has 7 nitrogen and oxygen atoms in total. The third-order valence-corrected chi connectivity index (χ3v) is 5.70. The molecule has 1 aliphatic heterocycles. The summed E-state index contributed by atoms with van der Waals surface area (Å²) in [5.41, 5.74) is 0.212. The van der Waals surface area contributed by atoms with Crippen molar-refractivity contribution in [3.05, 3.63) is 96.1 Å². The first-order valence-corrected chi connectivity index (χ1v) is 11.0. The monoisotopic (exact) mass is 444 g/mol. The molecule has 0 fully saturated rings. The summed E-state index contributed by atoms with van der Waals surface area (Å²) in [6, 6.07) is 25.1. The van der Waals surface area contributed by atoms with Gasteiger partial charge < -0.3 is 20.6 Å². The first kappa shape index (κ1) is 22.5. The van der Waals surface area contributed by atoms with Crippen molar-refractivity contribution in [2.75, 3.05) is 30.4 Å². The molecule has 3 aromatic rings. The lowest BCUT2D eigenvalue weighted by Crippen LogP contribution is -2.62. The molecule has 0 unspecified atom stereocenters. The molecule has 1 atom stereocenters. The van der Waals surface area contributed by atoms with Crippen LogP contribution in [0.5, 0.6) is 0 Å². The van der Waals surface area contributed by atoms with Gasteiger partial charge in [0.1, 0.15) is 0 Å². The van der Waals surface area contributed by atoms with Crippen LogP contribution in [0.4, 0.5) is 16.2 Å². The van der Waals surface area contributed by atoms with Crippen molar-refractivity contribution in [1.29, 1.82) is 0 Å². The van der Waals surface area contributed by atoms with Crippen LogP contribution in [0.2, 0.25) is 0 Å². The van der Waals surface area contributed by atoms with Gasteiger partial charge in [-0.05, 0) is 43.8 Å². The SMILES string of the molecule is CN(CCCNC(=O)[C@]1(O)c2ccccc2NC(=O)N1c1ccccc1)Cc1ccccc1. The van der Waals surface area contributed by atoms with Crippen molar-refractivity contribution in [2.24, 2.45) is 0 Å². The van der Waals surface area contributed by atoms with E-state index in [9.17, 15) is 14.7 Å². The maximum absolute atomic E-state index is 13.4. The number of rotatable bonds is 8. The number of amides is 3. The van der Waals surface area contributed by atoms with Gasteiger partial charge in [0, 0.05) is 24.3 Å². The Morgan fingerprint density at radius 1 is 1.00 bits per heavy atom. The Hall–Kier alpha value is -3.68. The van der Waals surface area contributed by atoms with Crippen LogP contribution in [0, 0.1) is 0 Å². The van der Waals surface area contributed by atoms with Crippen LogP contribution in [-0.4, -0.2) is 42.1 Å². The van der Waals surface area contributed by atoms with E-state index in [4.69, 9.17) is 0 Å². The molecule has 0 bridgehead atoms. The summed E-state index contributed by atoms with van der Waals surface area (Å²) in [7, 11) is 2.03. The number of anilines is 2. The minimum absolute atomic E-state index is 0.326. The molecular formula is C26H28N4O3. The molecule has 1 heterocycles. The highest BCUT2D eigenvalue weighted by atomic mass is 16.3. The quantitative estimate of drug-likeness (QED) is 0.464. The standard InChI is InChI=1S/C26H28N4O3/c1-29(19-20-11-4-2-5-12-20)18-10-17-27-24(31)26(33)22-15-8-9-16-23(22)28-25(32)30(26)21-13-6-3-7-14-21/h2-9,11-16,33H,10,17-19H2,1H3,(H,27,31)(H,28,32)/t26-/m1/s1. The molecule has 0 radical (unpaired) electrons. The molecule has 170 valence electrons. The molecule has 3 aromatic carbocycles. The fourth-order valence-electron chi connectivity index (χ4n) is 4.09. The van der Waals surface area contributed by atoms with Crippen LogP contribution in [0.25, 0.3) is 0 Å². The third kappa shape index (κ3) is 4.74. The van der Waals surface area contributed by atoms with Crippen molar-refractivity contribution < 1.29 is 14.7 Å². The lowest BCUT2D eigenvalue weighted by atomic mass is 9.95. The van der Waals surface area contributed by atoms with E-state index in [1.807, 2.05) is 31.3 Å². The van der Waals surface area contributed by atoms with Crippen LogP contribution >= 0.6 is 0 Å². The van der Waals surface area contributed by atoms with Gasteiger partial charge in [0.2, 0.25) is 0 Å². The van der Waals surface area contributed by atoms with Crippen LogP contribution in [0.1, 0.15) is 17.5 Å². The lowest BCUT2D eigenvalue weighted by molar-refractivity contribution is -0.140. The van der Waals surface area contributed by atoms with E-state index in [2.05, 4.69) is 27.7 Å². The van der Waals surface area contributed by atoms with Gasteiger partial charge in [-0.25, -0.2) is 4.79 Å². The zero-order valence-electron chi connectivity index (χ0n) is 18.6. The maximum atomic E-state index is 13.4. The first-order chi connectivity index (χ1) is 16.0. The predicted octanol–water partition coefficient (Wildman–Crippen LogP) is 3.52. The molecular weight excluding hydrogens is 416 g/mol. The van der Waals surface area contributed by atoms with E-state index in [1.54, 1.807) is 48.5 Å². The number of nitrogens with one attached hydrogen (secondary N) is 2. The highest BCUT2D eigenvalue weighted by Gasteiger charge is 2.51. The Bertz CT molecular complexity index is 1110. The minimum atomic E-state index is -2.17. The predicted molar refractivity (Wildman–Crippen MR) is 129 cm³/mol. The average molecular weight is 445 g/mol. The van der Waals surface area contributed by atoms with Crippen molar-refractivity contribution in [3.8, 4) is 0 Å². The molecule has 1 aliphatic rings. The van der Waals surface area contributed by atoms with E-state index in [0.29, 0.717) is 29.9 Å². The number of hydrogen-bond donors (Lipinski definition) is 3. The molecule has 0 saturated carbocycles. The molecule has 0 saturated heterocycles. The Morgan fingerprint density at radius 2 is 1.64 bits per heavy atom. The van der Waals surface area contributed by atoms with Crippen molar-refractivity contribution in [2.45, 2.75) is 18.7 Å². The number of urea groups is 1. The Kier molecular flexibility index (Phi) is 6.72. The van der Waals surface area contributed by atoms with Gasteiger partial charge in [-0.2, -0.15) is 0 Å². The summed E-state index contributed by atoms with van der Waals surface area (Å²) in [4.78, 5) is 29.6. The smallest absolute Gasteiger partial charge is 0.329 e. The largest absolute Gasteiger partial charge is 0.359 e. The highest BCUT2D eigenvalue weighted by molar-refractivity contribution is 6.11. The van der Waals surface area contributed by atoms with Gasteiger partial charge in [0.15, 0.2) is 0 Å². The number of fused-ring (bicyclic) bond motifs is 1. The van der Waals surface area contributed by atoms with Crippen molar-refractivity contribution in [3.63, 3.8) is 0 Å². The van der Waals surface area contributed by atoms with E-state index in [1.165, 1.54) is 5.56 Å². The summed E-state index contributed by atoms with van der Waals surface area (Å²) in [6.07, 6.45) is 0.699. The number of nitrogens with zero attached hydrogens (tertiary/aromatic N) is 2.